The summed E-state index contributed by atoms with van der Waals surface area (Å²) >= 11 is 0. The Morgan fingerprint density at radius 3 is 2.67 bits per heavy atom. The Kier molecular flexibility index (Phi) is 4.83. The summed E-state index contributed by atoms with van der Waals surface area (Å²) in [6.45, 7) is 4.09. The van der Waals surface area contributed by atoms with Crippen molar-refractivity contribution in [2.24, 2.45) is 0 Å². The summed E-state index contributed by atoms with van der Waals surface area (Å²) in [7, 11) is 3.55. The van der Waals surface area contributed by atoms with E-state index in [0.717, 1.165) is 25.9 Å². The van der Waals surface area contributed by atoms with Crippen molar-refractivity contribution in [3.05, 3.63) is 41.8 Å². The number of nitrogens with one attached hydrogen (secondary N) is 1. The van der Waals surface area contributed by atoms with E-state index in [1.54, 1.807) is 19.0 Å². The predicted octanol–water partition coefficient (Wildman–Crippen LogP) is 3.07. The van der Waals surface area contributed by atoms with E-state index in [4.69, 9.17) is 0 Å². The Bertz CT molecular complexity index is 696. The lowest BCUT2D eigenvalue weighted by molar-refractivity contribution is 0.523. The number of aromatic nitrogens is 2. The van der Waals surface area contributed by atoms with Gasteiger partial charge in [-0.2, -0.15) is 4.98 Å². The number of rotatable bonds is 4. The average Bonchev–Trinajstić information content (AvgIpc) is 2.57. The summed E-state index contributed by atoms with van der Waals surface area (Å²) in [4.78, 5) is 12.4. The zero-order chi connectivity index (χ0) is 17.1. The zero-order valence-corrected chi connectivity index (χ0v) is 14.5. The van der Waals surface area contributed by atoms with Gasteiger partial charge in [0.1, 0.15) is 0 Å². The molecule has 0 unspecified atom stereocenters. The van der Waals surface area contributed by atoms with Crippen LogP contribution in [0.4, 0.5) is 21.8 Å². The Hall–Kier alpha value is -2.37. The Balaban J connectivity index is 1.60. The highest BCUT2D eigenvalue weighted by Crippen LogP contribution is 2.23. The van der Waals surface area contributed by atoms with E-state index in [1.807, 2.05) is 0 Å². The van der Waals surface area contributed by atoms with Gasteiger partial charge in [-0.1, -0.05) is 12.1 Å². The Morgan fingerprint density at radius 1 is 1.25 bits per heavy atom. The molecule has 0 spiro atoms. The molecule has 1 aromatic heterocycles. The molecule has 2 aromatic rings. The zero-order valence-electron chi connectivity index (χ0n) is 14.5. The van der Waals surface area contributed by atoms with E-state index in [9.17, 15) is 4.39 Å². The molecule has 1 saturated heterocycles. The van der Waals surface area contributed by atoms with Crippen LogP contribution in [0, 0.1) is 12.7 Å². The van der Waals surface area contributed by atoms with Crippen LogP contribution >= 0.6 is 0 Å². The summed E-state index contributed by atoms with van der Waals surface area (Å²) < 4.78 is 13.7. The molecule has 0 saturated carbocycles. The largest absolute Gasteiger partial charge is 0.371 e. The maximum atomic E-state index is 13.7. The number of nitrogens with zero attached hydrogens (tertiary/aromatic N) is 4. The van der Waals surface area contributed by atoms with Gasteiger partial charge in [-0.25, -0.2) is 9.37 Å². The topological polar surface area (TPSA) is 44.3 Å². The molecule has 128 valence electrons. The van der Waals surface area contributed by atoms with Crippen molar-refractivity contribution in [3.63, 3.8) is 0 Å². The van der Waals surface area contributed by atoms with Crippen LogP contribution in [-0.2, 0) is 0 Å². The van der Waals surface area contributed by atoms with Crippen LogP contribution in [0.2, 0.25) is 0 Å². The fourth-order valence-electron chi connectivity index (χ4n) is 3.03. The van der Waals surface area contributed by atoms with Gasteiger partial charge in [0.25, 0.3) is 0 Å². The lowest BCUT2D eigenvalue weighted by Gasteiger charge is -2.34. The summed E-state index contributed by atoms with van der Waals surface area (Å²) in [5.74, 6) is 0.401. The van der Waals surface area contributed by atoms with Crippen LogP contribution < -0.4 is 15.1 Å². The van der Waals surface area contributed by atoms with Gasteiger partial charge in [0.05, 0.1) is 6.20 Å². The second-order valence-corrected chi connectivity index (χ2v) is 6.50. The number of anilines is 3. The second kappa shape index (κ2) is 7.03. The molecule has 0 atom stereocenters. The molecule has 0 radical (unpaired) electrons. The highest BCUT2D eigenvalue weighted by molar-refractivity contribution is 5.49. The molecule has 6 heteroatoms. The quantitative estimate of drug-likeness (QED) is 0.934. The SMILES string of the molecule is Cc1cccc(N2CCC(Nc3ncc(F)c(N(C)C)n3)CC2)c1. The van der Waals surface area contributed by atoms with Crippen LogP contribution in [0.5, 0.6) is 0 Å². The number of aryl methyl sites for hydroxylation is 1. The third kappa shape index (κ3) is 3.75. The van der Waals surface area contributed by atoms with Crippen molar-refractivity contribution in [3.8, 4) is 0 Å². The lowest BCUT2D eigenvalue weighted by Crippen LogP contribution is -2.39. The average molecular weight is 329 g/mol. The van der Waals surface area contributed by atoms with E-state index in [0.29, 0.717) is 17.8 Å². The van der Waals surface area contributed by atoms with Crippen molar-refractivity contribution < 1.29 is 4.39 Å². The third-order valence-electron chi connectivity index (χ3n) is 4.34. The van der Waals surface area contributed by atoms with Crippen LogP contribution in [0.15, 0.2) is 30.5 Å². The van der Waals surface area contributed by atoms with Crippen molar-refractivity contribution >= 4 is 17.5 Å². The molecule has 0 aliphatic carbocycles. The minimum absolute atomic E-state index is 0.310. The van der Waals surface area contributed by atoms with Gasteiger partial charge in [-0.05, 0) is 37.5 Å². The summed E-state index contributed by atoms with van der Waals surface area (Å²) in [6, 6.07) is 8.91. The minimum Gasteiger partial charge on any atom is -0.371 e. The van der Waals surface area contributed by atoms with E-state index in [2.05, 4.69) is 51.4 Å². The Morgan fingerprint density at radius 2 is 2.00 bits per heavy atom. The van der Waals surface area contributed by atoms with Crippen molar-refractivity contribution in [2.75, 3.05) is 42.3 Å². The molecule has 1 aliphatic rings. The fraction of sp³-hybridized carbons (Fsp3) is 0.444. The first kappa shape index (κ1) is 16.5. The molecule has 1 aliphatic heterocycles. The monoisotopic (exact) mass is 329 g/mol. The number of benzene rings is 1. The van der Waals surface area contributed by atoms with Gasteiger partial charge in [-0.3, -0.25) is 0 Å². The highest BCUT2D eigenvalue weighted by Gasteiger charge is 2.20. The van der Waals surface area contributed by atoms with Crippen molar-refractivity contribution in [1.29, 1.82) is 0 Å². The summed E-state index contributed by atoms with van der Waals surface area (Å²) in [5, 5.41) is 3.34. The molecule has 0 bridgehead atoms. The molecule has 1 N–H and O–H groups in total. The van der Waals surface area contributed by atoms with Gasteiger partial charge >= 0.3 is 0 Å². The van der Waals surface area contributed by atoms with Gasteiger partial charge in [0.2, 0.25) is 5.95 Å². The summed E-state index contributed by atoms with van der Waals surface area (Å²) in [6.07, 6.45) is 3.24. The summed E-state index contributed by atoms with van der Waals surface area (Å²) in [5.41, 5.74) is 2.56. The second-order valence-electron chi connectivity index (χ2n) is 6.50. The van der Waals surface area contributed by atoms with Gasteiger partial charge in [0, 0.05) is 38.9 Å². The van der Waals surface area contributed by atoms with E-state index in [-0.39, 0.29) is 0 Å². The smallest absolute Gasteiger partial charge is 0.225 e. The molecule has 3 rings (SSSR count). The van der Waals surface area contributed by atoms with Crippen LogP contribution in [-0.4, -0.2) is 43.2 Å². The lowest BCUT2D eigenvalue weighted by atomic mass is 10.0. The fourth-order valence-corrected chi connectivity index (χ4v) is 3.03. The molecule has 2 heterocycles. The maximum Gasteiger partial charge on any atom is 0.225 e. The van der Waals surface area contributed by atoms with Crippen molar-refractivity contribution in [2.45, 2.75) is 25.8 Å². The molecule has 5 nitrogen and oxygen atoms in total. The number of halogens is 1. The van der Waals surface area contributed by atoms with E-state index >= 15 is 0 Å². The van der Waals surface area contributed by atoms with Gasteiger partial charge < -0.3 is 15.1 Å². The number of hydrogen-bond donors (Lipinski definition) is 1. The van der Waals surface area contributed by atoms with Crippen LogP contribution in [0.3, 0.4) is 0 Å². The molecular weight excluding hydrogens is 305 g/mol. The van der Waals surface area contributed by atoms with E-state index in [1.165, 1.54) is 17.4 Å². The highest BCUT2D eigenvalue weighted by atomic mass is 19.1. The third-order valence-corrected chi connectivity index (χ3v) is 4.34. The minimum atomic E-state index is -0.403. The number of piperidine rings is 1. The van der Waals surface area contributed by atoms with Crippen molar-refractivity contribution in [1.82, 2.24) is 9.97 Å². The first-order valence-electron chi connectivity index (χ1n) is 8.31. The maximum absolute atomic E-state index is 13.7. The molecule has 0 amide bonds. The van der Waals surface area contributed by atoms with E-state index < -0.39 is 5.82 Å². The molecule has 1 aromatic carbocycles. The van der Waals surface area contributed by atoms with Gasteiger partial charge in [-0.15, -0.1) is 0 Å². The van der Waals surface area contributed by atoms with Crippen LogP contribution in [0.1, 0.15) is 18.4 Å². The Labute approximate surface area is 142 Å². The molecular formula is C18H24FN5. The number of hydrogen-bond acceptors (Lipinski definition) is 5. The van der Waals surface area contributed by atoms with Crippen LogP contribution in [0.25, 0.3) is 0 Å². The predicted molar refractivity (Wildman–Crippen MR) is 96.4 cm³/mol. The molecule has 24 heavy (non-hydrogen) atoms. The first-order valence-corrected chi connectivity index (χ1v) is 8.31. The van der Waals surface area contributed by atoms with Gasteiger partial charge in [0.15, 0.2) is 11.6 Å². The first-order chi connectivity index (χ1) is 11.5. The normalized spacial score (nSPS) is 15.4. The molecule has 1 fully saturated rings. The standard InChI is InChI=1S/C18H24FN5/c1-13-5-4-6-15(11-13)24-9-7-14(8-10-24)21-18-20-12-16(19)17(22-18)23(2)3/h4-6,11-12,14H,7-10H2,1-3H3,(H,20,21,22).